The topological polar surface area (TPSA) is 83.8 Å². The van der Waals surface area contributed by atoms with Crippen LogP contribution in [0.15, 0.2) is 24.4 Å². The minimum absolute atomic E-state index is 0.120. The number of aromatic nitrogens is 2. The third-order valence-corrected chi connectivity index (χ3v) is 3.22. The third-order valence-electron chi connectivity index (χ3n) is 3.22. The molecule has 0 radical (unpaired) electrons. The third kappa shape index (κ3) is 3.34. The lowest BCUT2D eigenvalue weighted by molar-refractivity contribution is -0.384. The maximum atomic E-state index is 11.0. The number of anilines is 1. The smallest absolute Gasteiger partial charge is 0.292 e. The van der Waals surface area contributed by atoms with Crippen LogP contribution in [0.1, 0.15) is 23.2 Å². The van der Waals surface area contributed by atoms with Gasteiger partial charge in [-0.25, -0.2) is 0 Å². The first-order chi connectivity index (χ1) is 9.58. The van der Waals surface area contributed by atoms with E-state index >= 15 is 0 Å². The number of H-pyrrole nitrogens is 1. The fourth-order valence-corrected chi connectivity index (χ4v) is 2.08. The summed E-state index contributed by atoms with van der Waals surface area (Å²) in [6.45, 7) is 4.60. The molecule has 0 amide bonds. The summed E-state index contributed by atoms with van der Waals surface area (Å²) < 4.78 is 0. The molecule has 0 fully saturated rings. The van der Waals surface area contributed by atoms with E-state index in [0.29, 0.717) is 12.2 Å². The van der Waals surface area contributed by atoms with Crippen molar-refractivity contribution in [2.75, 3.05) is 11.9 Å². The first-order valence-corrected chi connectivity index (χ1v) is 6.55. The van der Waals surface area contributed by atoms with Gasteiger partial charge in [-0.3, -0.25) is 15.2 Å². The standard InChI is InChI=1S/C14H18N4O2/c1-10-5-6-14(18(19)20)13(8-10)15-7-3-4-12-9-16-17-11(12)2/h5-6,8-9,15H,3-4,7H2,1-2H3,(H,16,17). The van der Waals surface area contributed by atoms with Gasteiger partial charge in [0.05, 0.1) is 11.1 Å². The van der Waals surface area contributed by atoms with E-state index in [-0.39, 0.29) is 10.6 Å². The number of aryl methyl sites for hydroxylation is 3. The van der Waals surface area contributed by atoms with Gasteiger partial charge >= 0.3 is 0 Å². The van der Waals surface area contributed by atoms with Gasteiger partial charge in [-0.1, -0.05) is 6.07 Å². The zero-order valence-electron chi connectivity index (χ0n) is 11.6. The van der Waals surface area contributed by atoms with Crippen molar-refractivity contribution < 1.29 is 4.92 Å². The highest BCUT2D eigenvalue weighted by atomic mass is 16.6. The fourth-order valence-electron chi connectivity index (χ4n) is 2.08. The highest BCUT2D eigenvalue weighted by Gasteiger charge is 2.12. The minimum atomic E-state index is -0.359. The predicted octanol–water partition coefficient (Wildman–Crippen LogP) is 2.98. The zero-order valence-corrected chi connectivity index (χ0v) is 11.6. The zero-order chi connectivity index (χ0) is 14.5. The van der Waals surface area contributed by atoms with E-state index in [0.717, 1.165) is 24.1 Å². The van der Waals surface area contributed by atoms with Crippen molar-refractivity contribution in [2.45, 2.75) is 26.7 Å². The molecule has 0 unspecified atom stereocenters. The second-order valence-corrected chi connectivity index (χ2v) is 4.83. The van der Waals surface area contributed by atoms with E-state index in [1.165, 1.54) is 11.6 Å². The summed E-state index contributed by atoms with van der Waals surface area (Å²) in [4.78, 5) is 10.6. The first kappa shape index (κ1) is 14.0. The summed E-state index contributed by atoms with van der Waals surface area (Å²) in [6.07, 6.45) is 3.62. The van der Waals surface area contributed by atoms with Gasteiger partial charge in [0.25, 0.3) is 5.69 Å². The molecule has 106 valence electrons. The predicted molar refractivity (Wildman–Crippen MR) is 78.0 cm³/mol. The molecular formula is C14H18N4O2. The van der Waals surface area contributed by atoms with Crippen molar-refractivity contribution in [3.63, 3.8) is 0 Å². The summed E-state index contributed by atoms with van der Waals surface area (Å²) in [5.41, 5.74) is 3.97. The Hall–Kier alpha value is -2.37. The number of hydrogen-bond donors (Lipinski definition) is 2. The molecular weight excluding hydrogens is 256 g/mol. The molecule has 1 heterocycles. The molecule has 0 bridgehead atoms. The number of nitro benzene ring substituents is 1. The molecule has 1 aromatic heterocycles. The van der Waals surface area contributed by atoms with Crippen LogP contribution in [-0.4, -0.2) is 21.7 Å². The molecule has 1 aromatic carbocycles. The van der Waals surface area contributed by atoms with Crippen LogP contribution in [0.2, 0.25) is 0 Å². The average molecular weight is 274 g/mol. The van der Waals surface area contributed by atoms with Crippen LogP contribution in [0.3, 0.4) is 0 Å². The average Bonchev–Trinajstić information content (AvgIpc) is 2.80. The van der Waals surface area contributed by atoms with Gasteiger partial charge in [-0.2, -0.15) is 5.10 Å². The molecule has 6 nitrogen and oxygen atoms in total. The summed E-state index contributed by atoms with van der Waals surface area (Å²) in [5.74, 6) is 0. The van der Waals surface area contributed by atoms with Gasteiger partial charge in [-0.15, -0.1) is 0 Å². The lowest BCUT2D eigenvalue weighted by Gasteiger charge is -2.07. The number of rotatable bonds is 6. The number of aromatic amines is 1. The maximum absolute atomic E-state index is 11.0. The van der Waals surface area contributed by atoms with Gasteiger partial charge in [0.2, 0.25) is 0 Å². The lowest BCUT2D eigenvalue weighted by atomic mass is 10.1. The Kier molecular flexibility index (Phi) is 4.34. The van der Waals surface area contributed by atoms with Gasteiger partial charge < -0.3 is 5.32 Å². The van der Waals surface area contributed by atoms with Gasteiger partial charge in [-0.05, 0) is 43.9 Å². The number of nitrogens with one attached hydrogen (secondary N) is 2. The van der Waals surface area contributed by atoms with Crippen molar-refractivity contribution in [1.29, 1.82) is 0 Å². The number of nitro groups is 1. The van der Waals surface area contributed by atoms with Crippen LogP contribution >= 0.6 is 0 Å². The second-order valence-electron chi connectivity index (χ2n) is 4.83. The molecule has 2 N–H and O–H groups in total. The van der Waals surface area contributed by atoms with Crippen LogP contribution in [0.25, 0.3) is 0 Å². The van der Waals surface area contributed by atoms with Crippen molar-refractivity contribution >= 4 is 11.4 Å². The molecule has 2 rings (SSSR count). The van der Waals surface area contributed by atoms with Crippen LogP contribution in [0.4, 0.5) is 11.4 Å². The van der Waals surface area contributed by atoms with E-state index in [2.05, 4.69) is 15.5 Å². The minimum Gasteiger partial charge on any atom is -0.379 e. The first-order valence-electron chi connectivity index (χ1n) is 6.55. The molecule has 0 aliphatic carbocycles. The Bertz CT molecular complexity index is 607. The maximum Gasteiger partial charge on any atom is 0.292 e. The van der Waals surface area contributed by atoms with E-state index < -0.39 is 0 Å². The molecule has 20 heavy (non-hydrogen) atoms. The Morgan fingerprint density at radius 1 is 1.40 bits per heavy atom. The molecule has 0 spiro atoms. The highest BCUT2D eigenvalue weighted by Crippen LogP contribution is 2.25. The van der Waals surface area contributed by atoms with Gasteiger partial charge in [0.1, 0.15) is 5.69 Å². The fraction of sp³-hybridized carbons (Fsp3) is 0.357. The summed E-state index contributed by atoms with van der Waals surface area (Å²) in [5, 5.41) is 21.0. The molecule has 0 aliphatic rings. The Morgan fingerprint density at radius 3 is 2.85 bits per heavy atom. The lowest BCUT2D eigenvalue weighted by Crippen LogP contribution is -2.05. The molecule has 0 atom stereocenters. The van der Waals surface area contributed by atoms with Gasteiger partial charge in [0.15, 0.2) is 0 Å². The highest BCUT2D eigenvalue weighted by molar-refractivity contribution is 5.62. The van der Waals surface area contributed by atoms with Crippen LogP contribution in [-0.2, 0) is 6.42 Å². The molecule has 0 aliphatic heterocycles. The van der Waals surface area contributed by atoms with E-state index in [1.807, 2.05) is 20.0 Å². The van der Waals surface area contributed by atoms with E-state index in [9.17, 15) is 10.1 Å². The van der Waals surface area contributed by atoms with E-state index in [1.54, 1.807) is 12.1 Å². The van der Waals surface area contributed by atoms with E-state index in [4.69, 9.17) is 0 Å². The normalized spacial score (nSPS) is 10.5. The van der Waals surface area contributed by atoms with Crippen LogP contribution < -0.4 is 5.32 Å². The molecule has 0 saturated carbocycles. The number of nitrogens with zero attached hydrogens (tertiary/aromatic N) is 2. The summed E-state index contributed by atoms with van der Waals surface area (Å²) in [6, 6.07) is 5.09. The molecule has 0 saturated heterocycles. The summed E-state index contributed by atoms with van der Waals surface area (Å²) in [7, 11) is 0. The van der Waals surface area contributed by atoms with Crippen LogP contribution in [0.5, 0.6) is 0 Å². The largest absolute Gasteiger partial charge is 0.379 e. The SMILES string of the molecule is Cc1ccc([N+](=O)[O-])c(NCCCc2cn[nH]c2C)c1. The quantitative estimate of drug-likeness (QED) is 0.482. The molecule has 2 aromatic rings. The molecule has 6 heteroatoms. The van der Waals surface area contributed by atoms with Crippen LogP contribution in [0, 0.1) is 24.0 Å². The number of benzene rings is 1. The monoisotopic (exact) mass is 274 g/mol. The van der Waals surface area contributed by atoms with Crippen molar-refractivity contribution in [3.8, 4) is 0 Å². The second kappa shape index (κ2) is 6.18. The van der Waals surface area contributed by atoms with Crippen molar-refractivity contribution in [3.05, 3.63) is 51.3 Å². The number of hydrogen-bond acceptors (Lipinski definition) is 4. The Morgan fingerprint density at radius 2 is 2.20 bits per heavy atom. The Balaban J connectivity index is 1.92. The van der Waals surface area contributed by atoms with Crippen molar-refractivity contribution in [1.82, 2.24) is 10.2 Å². The van der Waals surface area contributed by atoms with Crippen molar-refractivity contribution in [2.24, 2.45) is 0 Å². The summed E-state index contributed by atoms with van der Waals surface area (Å²) >= 11 is 0. The Labute approximate surface area is 117 Å². The van der Waals surface area contributed by atoms with Gasteiger partial charge in [0, 0.05) is 18.3 Å².